The van der Waals surface area contributed by atoms with Crippen molar-refractivity contribution in [2.24, 2.45) is 5.92 Å². The average molecular weight is 168 g/mol. The van der Waals surface area contributed by atoms with E-state index in [1.807, 2.05) is 0 Å². The molecule has 0 aromatic rings. The van der Waals surface area contributed by atoms with E-state index in [0.29, 0.717) is 5.92 Å². The molecule has 70 valence electrons. The molecular weight excluding hydrogens is 148 g/mol. The zero-order valence-electron chi connectivity index (χ0n) is 8.47. The first-order valence-corrected chi connectivity index (χ1v) is 4.89. The van der Waals surface area contributed by atoms with Crippen molar-refractivity contribution in [3.63, 3.8) is 0 Å². The minimum absolute atomic E-state index is 0.157. The molecule has 1 unspecified atom stereocenters. The number of rotatable bonds is 6. The summed E-state index contributed by atoms with van der Waals surface area (Å²) in [7, 11) is 0. The number of allylic oxidation sites excluding steroid dienone is 2. The van der Waals surface area contributed by atoms with Gasteiger partial charge in [-0.25, -0.2) is 0 Å². The van der Waals surface area contributed by atoms with Crippen LogP contribution in [-0.4, -0.2) is 5.78 Å². The smallest absolute Gasteiger partial charge is 0.152 e. The molecule has 0 aliphatic heterocycles. The van der Waals surface area contributed by atoms with Crippen LogP contribution in [0.1, 0.15) is 46.5 Å². The van der Waals surface area contributed by atoms with Gasteiger partial charge in [0.15, 0.2) is 5.78 Å². The Labute approximate surface area is 75.9 Å². The van der Waals surface area contributed by atoms with Crippen molar-refractivity contribution >= 4 is 5.78 Å². The lowest BCUT2D eigenvalue weighted by atomic mass is 9.99. The highest BCUT2D eigenvalue weighted by Gasteiger charge is 2.00. The van der Waals surface area contributed by atoms with Crippen LogP contribution >= 0.6 is 0 Å². The normalized spacial score (nSPS) is 13.6. The molecule has 1 nitrogen and oxygen atoms in total. The Kier molecular flexibility index (Phi) is 6.73. The molecule has 0 amide bonds. The Morgan fingerprint density at radius 2 is 2.08 bits per heavy atom. The van der Waals surface area contributed by atoms with Crippen LogP contribution in [0.3, 0.4) is 0 Å². The lowest BCUT2D eigenvalue weighted by Gasteiger charge is -2.07. The molecule has 0 aromatic heterocycles. The fourth-order valence-electron chi connectivity index (χ4n) is 1.17. The van der Waals surface area contributed by atoms with Gasteiger partial charge >= 0.3 is 0 Å². The van der Waals surface area contributed by atoms with Gasteiger partial charge in [-0.15, -0.1) is 0 Å². The summed E-state index contributed by atoms with van der Waals surface area (Å²) >= 11 is 0. The summed E-state index contributed by atoms with van der Waals surface area (Å²) in [5.41, 5.74) is 0. The van der Waals surface area contributed by atoms with Gasteiger partial charge in [-0.05, 0) is 31.8 Å². The predicted molar refractivity (Wildman–Crippen MR) is 53.1 cm³/mol. The van der Waals surface area contributed by atoms with Gasteiger partial charge in [-0.2, -0.15) is 0 Å². The van der Waals surface area contributed by atoms with Crippen LogP contribution in [0.15, 0.2) is 12.2 Å². The number of carbonyl (C=O) groups is 1. The number of unbranched alkanes of at least 4 members (excludes halogenated alkanes) is 1. The van der Waals surface area contributed by atoms with E-state index in [4.69, 9.17) is 0 Å². The van der Waals surface area contributed by atoms with Gasteiger partial charge in [-0.1, -0.05) is 32.8 Å². The quantitative estimate of drug-likeness (QED) is 0.556. The first-order valence-electron chi connectivity index (χ1n) is 4.89. The van der Waals surface area contributed by atoms with E-state index in [1.165, 1.54) is 19.3 Å². The molecule has 0 spiro atoms. The van der Waals surface area contributed by atoms with E-state index in [0.717, 1.165) is 6.42 Å². The molecule has 0 bridgehead atoms. The summed E-state index contributed by atoms with van der Waals surface area (Å²) in [6.07, 6.45) is 8.62. The average Bonchev–Trinajstić information content (AvgIpc) is 2.05. The first kappa shape index (κ1) is 11.4. The summed E-state index contributed by atoms with van der Waals surface area (Å²) in [6, 6.07) is 0. The molecule has 1 heteroatoms. The molecule has 0 radical (unpaired) electrons. The van der Waals surface area contributed by atoms with Crippen molar-refractivity contribution in [2.45, 2.75) is 46.5 Å². The van der Waals surface area contributed by atoms with Crippen LogP contribution in [0.25, 0.3) is 0 Å². The Morgan fingerprint density at radius 3 is 2.50 bits per heavy atom. The second-order valence-electron chi connectivity index (χ2n) is 3.28. The Hall–Kier alpha value is -0.590. The van der Waals surface area contributed by atoms with E-state index >= 15 is 0 Å². The maximum Gasteiger partial charge on any atom is 0.152 e. The third-order valence-electron chi connectivity index (χ3n) is 2.06. The molecule has 1 atom stereocenters. The van der Waals surface area contributed by atoms with E-state index in [1.54, 1.807) is 13.0 Å². The summed E-state index contributed by atoms with van der Waals surface area (Å²) < 4.78 is 0. The van der Waals surface area contributed by atoms with E-state index in [2.05, 4.69) is 19.9 Å². The third kappa shape index (κ3) is 6.14. The highest BCUT2D eigenvalue weighted by atomic mass is 16.1. The standard InChI is InChI=1S/C11H20O/c1-4-6-7-11(5-2)9-8-10(3)12/h8-9,11H,4-7H2,1-3H3/b9-8+. The second kappa shape index (κ2) is 7.08. The Bertz CT molecular complexity index is 147. The Morgan fingerprint density at radius 1 is 1.42 bits per heavy atom. The Balaban J connectivity index is 3.73. The molecule has 0 heterocycles. The summed E-state index contributed by atoms with van der Waals surface area (Å²) in [4.78, 5) is 10.7. The summed E-state index contributed by atoms with van der Waals surface area (Å²) in [5.74, 6) is 0.763. The van der Waals surface area contributed by atoms with Crippen LogP contribution in [0.5, 0.6) is 0 Å². The van der Waals surface area contributed by atoms with Gasteiger partial charge in [0.1, 0.15) is 0 Å². The molecule has 0 saturated heterocycles. The third-order valence-corrected chi connectivity index (χ3v) is 2.06. The van der Waals surface area contributed by atoms with E-state index in [9.17, 15) is 4.79 Å². The van der Waals surface area contributed by atoms with Gasteiger partial charge in [0.25, 0.3) is 0 Å². The molecule has 0 aromatic carbocycles. The largest absolute Gasteiger partial charge is 0.295 e. The number of hydrogen-bond acceptors (Lipinski definition) is 1. The maximum absolute atomic E-state index is 10.7. The van der Waals surface area contributed by atoms with Crippen molar-refractivity contribution in [3.05, 3.63) is 12.2 Å². The van der Waals surface area contributed by atoms with Gasteiger partial charge in [-0.3, -0.25) is 4.79 Å². The number of hydrogen-bond donors (Lipinski definition) is 0. The van der Waals surface area contributed by atoms with E-state index < -0.39 is 0 Å². The van der Waals surface area contributed by atoms with Crippen molar-refractivity contribution < 1.29 is 4.79 Å². The first-order chi connectivity index (χ1) is 5.70. The fourth-order valence-corrected chi connectivity index (χ4v) is 1.17. The SMILES string of the molecule is CCCCC(/C=C/C(C)=O)CC. The topological polar surface area (TPSA) is 17.1 Å². The van der Waals surface area contributed by atoms with Crippen LogP contribution in [0, 0.1) is 5.92 Å². The van der Waals surface area contributed by atoms with Crippen LogP contribution in [0.2, 0.25) is 0 Å². The molecular formula is C11H20O. The lowest BCUT2D eigenvalue weighted by molar-refractivity contribution is -0.112. The molecule has 0 saturated carbocycles. The van der Waals surface area contributed by atoms with Crippen molar-refractivity contribution in [1.29, 1.82) is 0 Å². The van der Waals surface area contributed by atoms with Crippen molar-refractivity contribution in [3.8, 4) is 0 Å². The lowest BCUT2D eigenvalue weighted by Crippen LogP contribution is -1.95. The van der Waals surface area contributed by atoms with Gasteiger partial charge < -0.3 is 0 Å². The molecule has 0 aliphatic carbocycles. The monoisotopic (exact) mass is 168 g/mol. The fraction of sp³-hybridized carbons (Fsp3) is 0.727. The van der Waals surface area contributed by atoms with Gasteiger partial charge in [0, 0.05) is 0 Å². The molecule has 0 N–H and O–H groups in total. The highest BCUT2D eigenvalue weighted by Crippen LogP contribution is 2.13. The zero-order chi connectivity index (χ0) is 9.40. The van der Waals surface area contributed by atoms with Crippen LogP contribution in [0.4, 0.5) is 0 Å². The molecule has 12 heavy (non-hydrogen) atoms. The second-order valence-corrected chi connectivity index (χ2v) is 3.28. The van der Waals surface area contributed by atoms with Crippen molar-refractivity contribution in [1.82, 2.24) is 0 Å². The maximum atomic E-state index is 10.7. The minimum Gasteiger partial charge on any atom is -0.295 e. The van der Waals surface area contributed by atoms with Crippen LogP contribution < -0.4 is 0 Å². The van der Waals surface area contributed by atoms with Gasteiger partial charge in [0.2, 0.25) is 0 Å². The number of ketones is 1. The number of carbonyl (C=O) groups excluding carboxylic acids is 1. The zero-order valence-corrected chi connectivity index (χ0v) is 8.47. The van der Waals surface area contributed by atoms with Crippen LogP contribution in [-0.2, 0) is 4.79 Å². The molecule has 0 fully saturated rings. The molecule has 0 aliphatic rings. The predicted octanol–water partition coefficient (Wildman–Crippen LogP) is 3.35. The van der Waals surface area contributed by atoms with Gasteiger partial charge in [0.05, 0.1) is 0 Å². The summed E-state index contributed by atoms with van der Waals surface area (Å²) in [5, 5.41) is 0. The molecule has 0 rings (SSSR count). The minimum atomic E-state index is 0.157. The summed E-state index contributed by atoms with van der Waals surface area (Å²) in [6.45, 7) is 5.97. The van der Waals surface area contributed by atoms with Crippen molar-refractivity contribution in [2.75, 3.05) is 0 Å². The van der Waals surface area contributed by atoms with E-state index in [-0.39, 0.29) is 5.78 Å². The highest BCUT2D eigenvalue weighted by molar-refractivity contribution is 5.87.